The Bertz CT molecular complexity index is 1170. The lowest BCUT2D eigenvalue weighted by Crippen LogP contribution is -2.55. The summed E-state index contributed by atoms with van der Waals surface area (Å²) in [6.45, 7) is 5.94. The first kappa shape index (κ1) is 23.8. The number of esters is 1. The van der Waals surface area contributed by atoms with E-state index >= 15 is 0 Å². The van der Waals surface area contributed by atoms with Crippen molar-refractivity contribution in [1.29, 1.82) is 0 Å². The fourth-order valence-electron chi connectivity index (χ4n) is 6.02. The summed E-state index contributed by atoms with van der Waals surface area (Å²) in [5.41, 5.74) is 1.51. The number of aromatic nitrogens is 3. The lowest BCUT2D eigenvalue weighted by atomic mass is 9.71. The minimum atomic E-state index is -0.795. The van der Waals surface area contributed by atoms with Gasteiger partial charge in [0.2, 0.25) is 11.8 Å². The molecular weight excluding hydrogens is 470 g/mol. The molecule has 3 fully saturated rings. The third-order valence-electron chi connectivity index (χ3n) is 7.32. The van der Waals surface area contributed by atoms with Gasteiger partial charge in [0.1, 0.15) is 18.2 Å². The average Bonchev–Trinajstić information content (AvgIpc) is 3.59. The molecular formula is C24H29N5O5S. The van der Waals surface area contributed by atoms with Gasteiger partial charge in [-0.05, 0) is 31.9 Å². The van der Waals surface area contributed by atoms with Crippen LogP contribution in [-0.4, -0.2) is 90.0 Å². The molecule has 3 saturated heterocycles. The van der Waals surface area contributed by atoms with Crippen LogP contribution in [0.4, 0.5) is 0 Å². The van der Waals surface area contributed by atoms with Crippen LogP contribution < -0.4 is 0 Å². The Morgan fingerprint density at radius 2 is 2.20 bits per heavy atom. The van der Waals surface area contributed by atoms with Crippen LogP contribution >= 0.6 is 11.8 Å². The highest BCUT2D eigenvalue weighted by Crippen LogP contribution is 2.66. The lowest BCUT2D eigenvalue weighted by Gasteiger charge is -2.37. The standard InChI is InChI=1S/C24H29N5O5S/c1-3-11-27(14-29-16-8-6-5-7-15(16)25-26-29)22(32)20-24-10-9-17(35-24)18(23(33)34-4-2)19(24)21(31)28(20)12-13-30/h3,5-8,17-20,30H,1,4,9-14H2,2H3/t17-,18+,19-,20?,24?/m0/s1. The maximum absolute atomic E-state index is 14.2. The number of nitrogens with zero attached hydrogens (tertiary/aromatic N) is 5. The number of carbonyl (C=O) groups excluding carboxylic acids is 3. The molecule has 1 aromatic heterocycles. The second-order valence-electron chi connectivity index (χ2n) is 9.13. The van der Waals surface area contributed by atoms with Crippen LogP contribution in [0.15, 0.2) is 36.9 Å². The molecule has 5 rings (SSSR count). The average molecular weight is 500 g/mol. The van der Waals surface area contributed by atoms with Gasteiger partial charge in [0.25, 0.3) is 0 Å². The maximum atomic E-state index is 14.2. The van der Waals surface area contributed by atoms with Crippen LogP contribution in [0, 0.1) is 11.8 Å². The molecule has 4 heterocycles. The molecule has 1 N–H and O–H groups in total. The van der Waals surface area contributed by atoms with Crippen molar-refractivity contribution < 1.29 is 24.2 Å². The maximum Gasteiger partial charge on any atom is 0.310 e. The summed E-state index contributed by atoms with van der Waals surface area (Å²) in [6.07, 6.45) is 3.03. The van der Waals surface area contributed by atoms with Crippen molar-refractivity contribution in [2.45, 2.75) is 42.5 Å². The van der Waals surface area contributed by atoms with E-state index in [9.17, 15) is 19.5 Å². The minimum absolute atomic E-state index is 0.0302. The van der Waals surface area contributed by atoms with Gasteiger partial charge in [-0.25, -0.2) is 4.68 Å². The summed E-state index contributed by atoms with van der Waals surface area (Å²) in [5, 5.41) is 18.1. The van der Waals surface area contributed by atoms with Crippen molar-refractivity contribution in [1.82, 2.24) is 24.8 Å². The smallest absolute Gasteiger partial charge is 0.310 e. The molecule has 0 saturated carbocycles. The summed E-state index contributed by atoms with van der Waals surface area (Å²) in [7, 11) is 0. The van der Waals surface area contributed by atoms with E-state index in [1.165, 1.54) is 4.90 Å². The fraction of sp³-hybridized carbons (Fsp3) is 0.542. The molecule has 10 nitrogen and oxygen atoms in total. The third kappa shape index (κ3) is 3.63. The molecule has 11 heteroatoms. The highest BCUT2D eigenvalue weighted by Gasteiger charge is 2.74. The molecule has 5 atom stereocenters. The van der Waals surface area contributed by atoms with Crippen molar-refractivity contribution in [2.24, 2.45) is 11.8 Å². The summed E-state index contributed by atoms with van der Waals surface area (Å²) >= 11 is 1.57. The second kappa shape index (κ2) is 9.27. The first-order chi connectivity index (χ1) is 17.0. The number of hydrogen-bond donors (Lipinski definition) is 1. The number of hydrogen-bond acceptors (Lipinski definition) is 8. The molecule has 186 valence electrons. The minimum Gasteiger partial charge on any atom is -0.466 e. The van der Waals surface area contributed by atoms with Gasteiger partial charge in [-0.2, -0.15) is 0 Å². The number of benzene rings is 1. The van der Waals surface area contributed by atoms with Crippen molar-refractivity contribution in [2.75, 3.05) is 26.3 Å². The van der Waals surface area contributed by atoms with Gasteiger partial charge < -0.3 is 19.6 Å². The number of carbonyl (C=O) groups is 3. The SMILES string of the molecule is C=CCN(Cn1nnc2ccccc21)C(=O)C1N(CCO)C(=O)[C@@H]2[C@H](C(=O)OCC)[C@@H]3CCC12S3. The van der Waals surface area contributed by atoms with E-state index in [1.807, 2.05) is 24.3 Å². The number of aliphatic hydroxyl groups excluding tert-OH is 1. The van der Waals surface area contributed by atoms with Gasteiger partial charge in [0, 0.05) is 18.3 Å². The van der Waals surface area contributed by atoms with Gasteiger partial charge in [-0.3, -0.25) is 14.4 Å². The number of ether oxygens (including phenoxy) is 1. The van der Waals surface area contributed by atoms with Crippen LogP contribution in [0.25, 0.3) is 11.0 Å². The highest BCUT2D eigenvalue weighted by molar-refractivity contribution is 8.02. The number of β-amino-alcohol motifs (C(OH)–C–C–N with tert-alkyl or cyclic N) is 1. The van der Waals surface area contributed by atoms with E-state index < -0.39 is 22.6 Å². The summed E-state index contributed by atoms with van der Waals surface area (Å²) in [5.74, 6) is -2.09. The Balaban J connectivity index is 1.50. The molecule has 2 unspecified atom stereocenters. The number of para-hydroxylation sites is 1. The Morgan fingerprint density at radius 3 is 2.94 bits per heavy atom. The lowest BCUT2D eigenvalue weighted by molar-refractivity contribution is -0.153. The largest absolute Gasteiger partial charge is 0.466 e. The molecule has 3 aliphatic rings. The van der Waals surface area contributed by atoms with Gasteiger partial charge in [0.05, 0.1) is 35.3 Å². The van der Waals surface area contributed by atoms with Crippen molar-refractivity contribution in [3.63, 3.8) is 0 Å². The Kier molecular flexibility index (Phi) is 6.30. The van der Waals surface area contributed by atoms with Crippen molar-refractivity contribution >= 4 is 40.6 Å². The summed E-state index contributed by atoms with van der Waals surface area (Å²) in [6, 6.07) is 6.70. The monoisotopic (exact) mass is 499 g/mol. The Labute approximate surface area is 207 Å². The van der Waals surface area contributed by atoms with Gasteiger partial charge >= 0.3 is 5.97 Å². The van der Waals surface area contributed by atoms with E-state index in [4.69, 9.17) is 4.74 Å². The quantitative estimate of drug-likeness (QED) is 0.402. The summed E-state index contributed by atoms with van der Waals surface area (Å²) in [4.78, 5) is 43.7. The first-order valence-corrected chi connectivity index (χ1v) is 12.8. The number of rotatable bonds is 9. The molecule has 1 aromatic carbocycles. The zero-order valence-corrected chi connectivity index (χ0v) is 20.4. The fourth-order valence-corrected chi connectivity index (χ4v) is 8.22. The number of amides is 2. The number of fused-ring (bicyclic) bond motifs is 2. The molecule has 1 spiro atoms. The normalized spacial score (nSPS) is 29.0. The first-order valence-electron chi connectivity index (χ1n) is 11.9. The highest BCUT2D eigenvalue weighted by atomic mass is 32.2. The molecule has 3 aliphatic heterocycles. The van der Waals surface area contributed by atoms with E-state index in [0.717, 1.165) is 17.5 Å². The van der Waals surface area contributed by atoms with Gasteiger partial charge in [-0.15, -0.1) is 23.4 Å². The third-order valence-corrected chi connectivity index (χ3v) is 9.27. The zero-order chi connectivity index (χ0) is 24.7. The van der Waals surface area contributed by atoms with Crippen molar-refractivity contribution in [3.05, 3.63) is 36.9 Å². The van der Waals surface area contributed by atoms with E-state index in [0.29, 0.717) is 6.42 Å². The number of thioether (sulfide) groups is 1. The Hall–Kier alpha value is -2.92. The van der Waals surface area contributed by atoms with Crippen molar-refractivity contribution in [3.8, 4) is 0 Å². The molecule has 2 bridgehead atoms. The van der Waals surface area contributed by atoms with Gasteiger partial charge in [-0.1, -0.05) is 23.4 Å². The van der Waals surface area contributed by atoms with Crippen LogP contribution in [-0.2, 0) is 25.8 Å². The predicted octanol–water partition coefficient (Wildman–Crippen LogP) is 1.05. The molecule has 0 aliphatic carbocycles. The van der Waals surface area contributed by atoms with E-state index in [1.54, 1.807) is 34.3 Å². The Morgan fingerprint density at radius 1 is 1.40 bits per heavy atom. The van der Waals surface area contributed by atoms with E-state index in [-0.39, 0.29) is 56.0 Å². The van der Waals surface area contributed by atoms with E-state index in [2.05, 4.69) is 16.9 Å². The molecule has 35 heavy (non-hydrogen) atoms. The number of aliphatic hydroxyl groups is 1. The summed E-state index contributed by atoms with van der Waals surface area (Å²) < 4.78 is 6.25. The van der Waals surface area contributed by atoms with Crippen LogP contribution in [0.2, 0.25) is 0 Å². The van der Waals surface area contributed by atoms with Crippen LogP contribution in [0.1, 0.15) is 19.8 Å². The van der Waals surface area contributed by atoms with Gasteiger partial charge in [0.15, 0.2) is 0 Å². The topological polar surface area (TPSA) is 118 Å². The predicted molar refractivity (Wildman–Crippen MR) is 129 cm³/mol. The zero-order valence-electron chi connectivity index (χ0n) is 19.6. The van der Waals surface area contributed by atoms with Crippen LogP contribution in [0.5, 0.6) is 0 Å². The molecule has 2 amide bonds. The van der Waals surface area contributed by atoms with Crippen LogP contribution in [0.3, 0.4) is 0 Å². The molecule has 0 radical (unpaired) electrons. The number of likely N-dealkylation sites (tertiary alicyclic amines) is 1. The molecule has 2 aromatic rings. The second-order valence-corrected chi connectivity index (χ2v) is 10.7.